The van der Waals surface area contributed by atoms with Gasteiger partial charge in [-0.05, 0) is 49.1 Å². The fourth-order valence-corrected chi connectivity index (χ4v) is 2.93. The molecule has 102 valence electrons. The van der Waals surface area contributed by atoms with Gasteiger partial charge in [-0.3, -0.25) is 0 Å². The Morgan fingerprint density at radius 2 is 1.94 bits per heavy atom. The van der Waals surface area contributed by atoms with Crippen LogP contribution in [0.5, 0.6) is 0 Å². The molecule has 0 saturated heterocycles. The van der Waals surface area contributed by atoms with E-state index in [4.69, 9.17) is 23.2 Å². The number of halogens is 3. The van der Waals surface area contributed by atoms with E-state index in [1.54, 1.807) is 0 Å². The van der Waals surface area contributed by atoms with Crippen molar-refractivity contribution in [3.63, 3.8) is 0 Å². The van der Waals surface area contributed by atoms with Crippen molar-refractivity contribution in [1.82, 2.24) is 5.32 Å². The summed E-state index contributed by atoms with van der Waals surface area (Å²) in [5, 5.41) is 3.92. The van der Waals surface area contributed by atoms with Crippen LogP contribution in [0.1, 0.15) is 25.5 Å². The van der Waals surface area contributed by atoms with Crippen molar-refractivity contribution in [3.8, 4) is 0 Å². The third-order valence-corrected chi connectivity index (χ3v) is 4.25. The Morgan fingerprint density at radius 1 is 1.28 bits per heavy atom. The summed E-state index contributed by atoms with van der Waals surface area (Å²) in [5.41, 5.74) is 0.745. The van der Waals surface area contributed by atoms with Crippen molar-refractivity contribution in [2.75, 3.05) is 18.6 Å². The van der Waals surface area contributed by atoms with E-state index >= 15 is 0 Å². The lowest BCUT2D eigenvalue weighted by molar-refractivity contribution is 0.499. The number of hydrogen-bond donors (Lipinski definition) is 1. The van der Waals surface area contributed by atoms with Gasteiger partial charge in [0.15, 0.2) is 0 Å². The minimum atomic E-state index is -0.429. The Hall–Kier alpha value is 0.0400. The van der Waals surface area contributed by atoms with Crippen LogP contribution in [0.25, 0.3) is 0 Å². The summed E-state index contributed by atoms with van der Waals surface area (Å²) in [4.78, 5) is 0. The molecule has 1 nitrogen and oxygen atoms in total. The van der Waals surface area contributed by atoms with Gasteiger partial charge in [-0.1, -0.05) is 30.1 Å². The normalized spacial score (nSPS) is 14.6. The lowest BCUT2D eigenvalue weighted by Gasteiger charge is -2.19. The van der Waals surface area contributed by atoms with Crippen molar-refractivity contribution >= 4 is 35.0 Å². The van der Waals surface area contributed by atoms with E-state index in [0.29, 0.717) is 10.9 Å². The highest BCUT2D eigenvalue weighted by molar-refractivity contribution is 7.98. The zero-order valence-electron chi connectivity index (χ0n) is 10.8. The number of benzene rings is 1. The molecule has 2 unspecified atom stereocenters. The molecule has 0 aliphatic rings. The summed E-state index contributed by atoms with van der Waals surface area (Å²) in [6, 6.07) is 2.87. The van der Waals surface area contributed by atoms with E-state index in [9.17, 15) is 4.39 Å². The highest BCUT2D eigenvalue weighted by Gasteiger charge is 2.13. The first-order valence-corrected chi connectivity index (χ1v) is 7.97. The van der Waals surface area contributed by atoms with Gasteiger partial charge in [-0.25, -0.2) is 4.39 Å². The average Bonchev–Trinajstić information content (AvgIpc) is 2.31. The van der Waals surface area contributed by atoms with Gasteiger partial charge in [-0.2, -0.15) is 11.8 Å². The maximum Gasteiger partial charge on any atom is 0.142 e. The first-order chi connectivity index (χ1) is 8.45. The Labute approximate surface area is 122 Å². The Morgan fingerprint density at radius 3 is 2.56 bits per heavy atom. The van der Waals surface area contributed by atoms with Gasteiger partial charge in [0.1, 0.15) is 5.82 Å². The van der Waals surface area contributed by atoms with E-state index in [-0.39, 0.29) is 11.1 Å². The predicted molar refractivity (Wildman–Crippen MR) is 80.4 cm³/mol. The third-order valence-electron chi connectivity index (χ3n) is 2.73. The molecule has 5 heteroatoms. The topological polar surface area (TPSA) is 12.0 Å². The largest absolute Gasteiger partial charge is 0.310 e. The first kappa shape index (κ1) is 16.1. The second-order valence-electron chi connectivity index (χ2n) is 4.48. The molecule has 1 rings (SSSR count). The van der Waals surface area contributed by atoms with Crippen molar-refractivity contribution in [3.05, 3.63) is 33.6 Å². The Bertz CT molecular complexity index is 401. The fourth-order valence-electron chi connectivity index (χ4n) is 1.70. The van der Waals surface area contributed by atoms with Crippen molar-refractivity contribution in [1.29, 1.82) is 0 Å². The van der Waals surface area contributed by atoms with Crippen molar-refractivity contribution in [2.24, 2.45) is 5.92 Å². The second-order valence-corrected chi connectivity index (χ2v) is 6.20. The molecule has 1 aromatic rings. The fraction of sp³-hybridized carbons (Fsp3) is 0.538. The molecule has 0 aliphatic carbocycles. The molecule has 0 amide bonds. The monoisotopic (exact) mass is 309 g/mol. The van der Waals surface area contributed by atoms with E-state index in [0.717, 1.165) is 17.9 Å². The summed E-state index contributed by atoms with van der Waals surface area (Å²) < 4.78 is 13.4. The first-order valence-electron chi connectivity index (χ1n) is 5.82. The van der Waals surface area contributed by atoms with Crippen LogP contribution in [0.15, 0.2) is 12.1 Å². The van der Waals surface area contributed by atoms with Gasteiger partial charge in [0.05, 0.1) is 5.02 Å². The molecule has 0 fully saturated rings. The molecule has 0 spiro atoms. The molecular weight excluding hydrogens is 292 g/mol. The molecule has 1 N–H and O–H groups in total. The molecule has 0 radical (unpaired) electrons. The zero-order chi connectivity index (χ0) is 13.7. The highest BCUT2D eigenvalue weighted by Crippen LogP contribution is 2.28. The minimum Gasteiger partial charge on any atom is -0.310 e. The predicted octanol–water partition coefficient (Wildman–Crippen LogP) is 4.78. The molecule has 0 aliphatic heterocycles. The maximum absolute atomic E-state index is 13.4. The lowest BCUT2D eigenvalue weighted by Crippen LogP contribution is -2.25. The molecule has 0 saturated carbocycles. The van der Waals surface area contributed by atoms with Crippen LogP contribution in [0, 0.1) is 11.7 Å². The van der Waals surface area contributed by atoms with E-state index in [1.807, 2.05) is 18.7 Å². The summed E-state index contributed by atoms with van der Waals surface area (Å²) in [6.07, 6.45) is 2.09. The molecule has 0 heterocycles. The van der Waals surface area contributed by atoms with Crippen LogP contribution >= 0.6 is 35.0 Å². The summed E-state index contributed by atoms with van der Waals surface area (Å²) in [7, 11) is 0. The number of nitrogens with one attached hydrogen (secondary N) is 1. The third kappa shape index (κ3) is 4.61. The maximum atomic E-state index is 13.4. The summed E-state index contributed by atoms with van der Waals surface area (Å²) in [6.45, 7) is 5.03. The highest BCUT2D eigenvalue weighted by atomic mass is 35.5. The van der Waals surface area contributed by atoms with Crippen molar-refractivity contribution in [2.45, 2.75) is 19.9 Å². The molecule has 1 aromatic carbocycles. The van der Waals surface area contributed by atoms with E-state index in [1.165, 1.54) is 12.1 Å². The minimum absolute atomic E-state index is 0.00794. The molecule has 0 aromatic heterocycles. The van der Waals surface area contributed by atoms with Crippen molar-refractivity contribution < 1.29 is 4.39 Å². The van der Waals surface area contributed by atoms with Gasteiger partial charge in [0.25, 0.3) is 0 Å². The number of thioether (sulfide) groups is 1. The average molecular weight is 310 g/mol. The van der Waals surface area contributed by atoms with Crippen LogP contribution in [-0.4, -0.2) is 18.6 Å². The van der Waals surface area contributed by atoms with Crippen LogP contribution in [0.3, 0.4) is 0 Å². The van der Waals surface area contributed by atoms with Gasteiger partial charge >= 0.3 is 0 Å². The summed E-state index contributed by atoms with van der Waals surface area (Å²) >= 11 is 13.6. The SMILES string of the molecule is CSCC(C)CNC(C)c1cc(F)c(Cl)cc1Cl. The summed E-state index contributed by atoms with van der Waals surface area (Å²) in [5.74, 6) is 1.24. The Balaban J connectivity index is 2.66. The number of hydrogen-bond acceptors (Lipinski definition) is 2. The molecule has 0 bridgehead atoms. The van der Waals surface area contributed by atoms with Gasteiger partial charge in [0, 0.05) is 11.1 Å². The zero-order valence-corrected chi connectivity index (χ0v) is 13.1. The van der Waals surface area contributed by atoms with E-state index < -0.39 is 5.82 Å². The lowest BCUT2D eigenvalue weighted by atomic mass is 10.1. The number of rotatable bonds is 6. The van der Waals surface area contributed by atoms with Gasteiger partial charge in [0.2, 0.25) is 0 Å². The smallest absolute Gasteiger partial charge is 0.142 e. The quantitative estimate of drug-likeness (QED) is 0.759. The Kier molecular flexibility index (Phi) is 6.78. The van der Waals surface area contributed by atoms with Crippen LogP contribution in [0.4, 0.5) is 4.39 Å². The van der Waals surface area contributed by atoms with Crippen LogP contribution < -0.4 is 5.32 Å². The van der Waals surface area contributed by atoms with Crippen LogP contribution in [-0.2, 0) is 0 Å². The van der Waals surface area contributed by atoms with E-state index in [2.05, 4.69) is 18.5 Å². The molecule has 18 heavy (non-hydrogen) atoms. The van der Waals surface area contributed by atoms with Gasteiger partial charge < -0.3 is 5.32 Å². The molecular formula is C13H18Cl2FNS. The van der Waals surface area contributed by atoms with Gasteiger partial charge in [-0.15, -0.1) is 0 Å². The van der Waals surface area contributed by atoms with Crippen LogP contribution in [0.2, 0.25) is 10.0 Å². The second kappa shape index (κ2) is 7.59. The standard InChI is InChI=1S/C13H18Cl2FNS/c1-8(7-18-3)6-17-9(2)10-4-13(16)12(15)5-11(10)14/h4-5,8-9,17H,6-7H2,1-3H3. The molecule has 2 atom stereocenters.